The van der Waals surface area contributed by atoms with Crippen LogP contribution in [-0.4, -0.2) is 21.8 Å². The zero-order valence-corrected chi connectivity index (χ0v) is 8.91. The highest BCUT2D eigenvalue weighted by atomic mass is 16.2. The fourth-order valence-electron chi connectivity index (χ4n) is 2.16. The van der Waals surface area contributed by atoms with Crippen LogP contribution in [0.5, 0.6) is 0 Å². The summed E-state index contributed by atoms with van der Waals surface area (Å²) < 4.78 is 0. The summed E-state index contributed by atoms with van der Waals surface area (Å²) in [6, 6.07) is 1.69. The first-order valence-electron chi connectivity index (χ1n) is 5.04. The van der Waals surface area contributed by atoms with Crippen LogP contribution in [0.25, 0.3) is 0 Å². The first-order valence-corrected chi connectivity index (χ1v) is 5.04. The van der Waals surface area contributed by atoms with E-state index in [1.165, 1.54) is 0 Å². The van der Waals surface area contributed by atoms with Crippen molar-refractivity contribution in [2.24, 2.45) is 5.41 Å². The van der Waals surface area contributed by atoms with Crippen LogP contribution in [-0.2, 0) is 9.59 Å². The van der Waals surface area contributed by atoms with Gasteiger partial charge in [0.15, 0.2) is 0 Å². The lowest BCUT2D eigenvalue weighted by atomic mass is 9.71. The molecule has 1 aliphatic rings. The van der Waals surface area contributed by atoms with E-state index < -0.39 is 5.92 Å². The van der Waals surface area contributed by atoms with Gasteiger partial charge in [-0.05, 0) is 11.5 Å². The number of carbonyl (C=O) groups is 2. The smallest absolute Gasteiger partial charge is 0.149 e. The van der Waals surface area contributed by atoms with Crippen LogP contribution in [0, 0.1) is 5.41 Å². The van der Waals surface area contributed by atoms with E-state index in [0.717, 1.165) is 0 Å². The Morgan fingerprint density at radius 2 is 1.93 bits per heavy atom. The zero-order chi connectivity index (χ0) is 11.1. The quantitative estimate of drug-likeness (QED) is 0.707. The average molecular weight is 206 g/mol. The fourth-order valence-corrected chi connectivity index (χ4v) is 2.16. The topological polar surface area (TPSA) is 62.8 Å². The number of nitrogens with one attached hydrogen (secondary N) is 1. The molecule has 1 N–H and O–H groups in total. The van der Waals surface area contributed by atoms with Gasteiger partial charge in [-0.1, -0.05) is 13.8 Å². The van der Waals surface area contributed by atoms with Crippen LogP contribution in [0.2, 0.25) is 0 Å². The minimum Gasteiger partial charge on any atom is -0.298 e. The zero-order valence-electron chi connectivity index (χ0n) is 8.91. The molecule has 0 aliphatic heterocycles. The van der Waals surface area contributed by atoms with Crippen molar-refractivity contribution in [3.05, 3.63) is 18.0 Å². The van der Waals surface area contributed by atoms with Gasteiger partial charge in [0.25, 0.3) is 0 Å². The van der Waals surface area contributed by atoms with Gasteiger partial charge in [-0.15, -0.1) is 0 Å². The number of Topliss-reactive ketones (excluding diaryl/α,β-unsaturated/α-hetero) is 2. The third-order valence-corrected chi connectivity index (χ3v) is 2.78. The standard InChI is InChI=1S/C11H14N2O2/c1-11(2)5-8(14)10(9(15)6-11)7-3-4-12-13-7/h3-4,10H,5-6H2,1-2H3,(H,12,13). The average Bonchev–Trinajstić information content (AvgIpc) is 2.52. The maximum Gasteiger partial charge on any atom is 0.149 e. The van der Waals surface area contributed by atoms with Crippen LogP contribution in [0.1, 0.15) is 38.3 Å². The van der Waals surface area contributed by atoms with Gasteiger partial charge < -0.3 is 0 Å². The van der Waals surface area contributed by atoms with E-state index in [0.29, 0.717) is 18.5 Å². The van der Waals surface area contributed by atoms with E-state index in [9.17, 15) is 9.59 Å². The molecule has 2 rings (SSSR count). The molecule has 1 aliphatic carbocycles. The Morgan fingerprint density at radius 1 is 1.33 bits per heavy atom. The molecule has 80 valence electrons. The molecular weight excluding hydrogens is 192 g/mol. The summed E-state index contributed by atoms with van der Waals surface area (Å²) >= 11 is 0. The van der Waals surface area contributed by atoms with Crippen molar-refractivity contribution in [3.8, 4) is 0 Å². The van der Waals surface area contributed by atoms with Crippen molar-refractivity contribution in [2.75, 3.05) is 0 Å². The van der Waals surface area contributed by atoms with Gasteiger partial charge in [-0.2, -0.15) is 5.10 Å². The molecular formula is C11H14N2O2. The van der Waals surface area contributed by atoms with Crippen molar-refractivity contribution in [1.29, 1.82) is 0 Å². The van der Waals surface area contributed by atoms with Crippen molar-refractivity contribution in [2.45, 2.75) is 32.6 Å². The molecule has 0 bridgehead atoms. The Kier molecular flexibility index (Phi) is 2.21. The lowest BCUT2D eigenvalue weighted by molar-refractivity contribution is -0.135. The number of hydrogen-bond donors (Lipinski definition) is 1. The Hall–Kier alpha value is -1.45. The van der Waals surface area contributed by atoms with E-state index in [4.69, 9.17) is 0 Å². The normalized spacial score (nSPS) is 22.0. The predicted octanol–water partition coefficient (Wildman–Crippen LogP) is 1.45. The highest BCUT2D eigenvalue weighted by molar-refractivity contribution is 6.09. The minimum atomic E-state index is -0.611. The molecule has 1 saturated carbocycles. The monoisotopic (exact) mass is 206 g/mol. The Labute approximate surface area is 88.1 Å². The van der Waals surface area contributed by atoms with Gasteiger partial charge in [0.05, 0.1) is 5.69 Å². The van der Waals surface area contributed by atoms with E-state index in [2.05, 4.69) is 10.2 Å². The molecule has 0 aromatic carbocycles. The number of rotatable bonds is 1. The molecule has 0 radical (unpaired) electrons. The molecule has 1 fully saturated rings. The van der Waals surface area contributed by atoms with Crippen molar-refractivity contribution in [3.63, 3.8) is 0 Å². The van der Waals surface area contributed by atoms with Crippen LogP contribution in [0.15, 0.2) is 12.3 Å². The Morgan fingerprint density at radius 3 is 2.40 bits per heavy atom. The summed E-state index contributed by atoms with van der Waals surface area (Å²) in [6.45, 7) is 3.90. The summed E-state index contributed by atoms with van der Waals surface area (Å²) in [5, 5.41) is 6.48. The molecule has 1 heterocycles. The Bertz CT molecular complexity index is 373. The summed E-state index contributed by atoms with van der Waals surface area (Å²) in [5.74, 6) is -0.610. The lowest BCUT2D eigenvalue weighted by Crippen LogP contribution is -2.36. The number of aromatic amines is 1. The third kappa shape index (κ3) is 1.84. The van der Waals surface area contributed by atoms with Crippen molar-refractivity contribution >= 4 is 11.6 Å². The molecule has 4 heteroatoms. The number of ketones is 2. The molecule has 1 aromatic rings. The van der Waals surface area contributed by atoms with Crippen molar-refractivity contribution in [1.82, 2.24) is 10.2 Å². The molecule has 0 amide bonds. The second-order valence-corrected chi connectivity index (χ2v) is 4.90. The van der Waals surface area contributed by atoms with E-state index in [1.54, 1.807) is 12.3 Å². The molecule has 0 unspecified atom stereocenters. The predicted molar refractivity (Wildman–Crippen MR) is 54.4 cm³/mol. The van der Waals surface area contributed by atoms with Gasteiger partial charge in [0, 0.05) is 19.0 Å². The number of aromatic nitrogens is 2. The minimum absolute atomic E-state index is 0.000463. The highest BCUT2D eigenvalue weighted by Crippen LogP contribution is 2.37. The van der Waals surface area contributed by atoms with Gasteiger partial charge >= 0.3 is 0 Å². The van der Waals surface area contributed by atoms with E-state index in [-0.39, 0.29) is 17.0 Å². The summed E-state index contributed by atoms with van der Waals surface area (Å²) in [4.78, 5) is 23.7. The van der Waals surface area contributed by atoms with E-state index >= 15 is 0 Å². The van der Waals surface area contributed by atoms with E-state index in [1.807, 2.05) is 13.8 Å². The number of hydrogen-bond acceptors (Lipinski definition) is 3. The largest absolute Gasteiger partial charge is 0.298 e. The van der Waals surface area contributed by atoms with Crippen LogP contribution < -0.4 is 0 Å². The maximum atomic E-state index is 11.9. The molecule has 1 aromatic heterocycles. The summed E-state index contributed by atoms with van der Waals surface area (Å²) in [6.07, 6.45) is 2.49. The molecule has 4 nitrogen and oxygen atoms in total. The molecule has 0 saturated heterocycles. The third-order valence-electron chi connectivity index (χ3n) is 2.78. The SMILES string of the molecule is CC1(C)CC(=O)C(c2ccn[nH]2)C(=O)C1. The van der Waals surface area contributed by atoms with Crippen molar-refractivity contribution < 1.29 is 9.59 Å². The highest BCUT2D eigenvalue weighted by Gasteiger charge is 2.40. The molecule has 0 spiro atoms. The summed E-state index contributed by atoms with van der Waals surface area (Å²) in [5.41, 5.74) is 0.436. The first-order chi connectivity index (χ1) is 6.99. The first kappa shape index (κ1) is 10.1. The van der Waals surface area contributed by atoms with Crippen LogP contribution in [0.3, 0.4) is 0 Å². The summed E-state index contributed by atoms with van der Waals surface area (Å²) in [7, 11) is 0. The maximum absolute atomic E-state index is 11.9. The number of nitrogens with zero attached hydrogens (tertiary/aromatic N) is 1. The second-order valence-electron chi connectivity index (χ2n) is 4.90. The number of H-pyrrole nitrogens is 1. The van der Waals surface area contributed by atoms with Crippen LogP contribution in [0.4, 0.5) is 0 Å². The Balaban J connectivity index is 2.29. The van der Waals surface area contributed by atoms with Gasteiger partial charge in [0.1, 0.15) is 17.5 Å². The van der Waals surface area contributed by atoms with Gasteiger partial charge in [0.2, 0.25) is 0 Å². The molecule has 15 heavy (non-hydrogen) atoms. The second kappa shape index (κ2) is 3.29. The lowest BCUT2D eigenvalue weighted by Gasteiger charge is -2.31. The van der Waals surface area contributed by atoms with Gasteiger partial charge in [-0.25, -0.2) is 0 Å². The van der Waals surface area contributed by atoms with Gasteiger partial charge in [-0.3, -0.25) is 14.7 Å². The molecule has 0 atom stereocenters. The van der Waals surface area contributed by atoms with Crippen LogP contribution >= 0.6 is 0 Å². The number of carbonyl (C=O) groups excluding carboxylic acids is 2. The fraction of sp³-hybridized carbons (Fsp3) is 0.545.